The van der Waals surface area contributed by atoms with Crippen molar-refractivity contribution in [2.24, 2.45) is 4.99 Å². The van der Waals surface area contributed by atoms with Gasteiger partial charge in [0.05, 0.1) is 10.2 Å². The molecule has 3 nitrogen and oxygen atoms in total. The highest BCUT2D eigenvalue weighted by atomic mass is 32.2. The highest BCUT2D eigenvalue weighted by Gasteiger charge is 2.17. The van der Waals surface area contributed by atoms with Gasteiger partial charge in [-0.25, -0.2) is 13.2 Å². The van der Waals surface area contributed by atoms with Crippen LogP contribution in [0.25, 0.3) is 10.2 Å². The zero-order valence-electron chi connectivity index (χ0n) is 13.1. The zero-order chi connectivity index (χ0) is 18.0. The van der Waals surface area contributed by atoms with Gasteiger partial charge in [0, 0.05) is 12.3 Å². The van der Waals surface area contributed by atoms with E-state index in [1.54, 1.807) is 22.4 Å². The number of carbonyl (C=O) groups is 1. The first-order valence-electron chi connectivity index (χ1n) is 7.32. The van der Waals surface area contributed by atoms with E-state index in [0.717, 1.165) is 34.7 Å². The van der Waals surface area contributed by atoms with Gasteiger partial charge in [0.15, 0.2) is 4.80 Å². The number of fused-ring (bicyclic) bond motifs is 1. The van der Waals surface area contributed by atoms with Crippen LogP contribution >= 0.6 is 23.1 Å². The van der Waals surface area contributed by atoms with E-state index in [9.17, 15) is 18.0 Å². The first-order valence-corrected chi connectivity index (χ1v) is 9.53. The minimum atomic E-state index is -1.000. The largest absolute Gasteiger partial charge is 0.316 e. The number of thioether (sulfide) groups is 1. The lowest BCUT2D eigenvalue weighted by atomic mass is 10.2. The van der Waals surface area contributed by atoms with Crippen molar-refractivity contribution in [3.05, 3.63) is 64.2 Å². The van der Waals surface area contributed by atoms with Crippen molar-refractivity contribution >= 4 is 39.2 Å². The molecule has 1 heterocycles. The molecule has 0 unspecified atom stereocenters. The first kappa shape index (κ1) is 17.8. The van der Waals surface area contributed by atoms with Crippen molar-refractivity contribution in [2.75, 3.05) is 12.0 Å². The fraction of sp³-hybridized carbons (Fsp3) is 0.176. The Kier molecular flexibility index (Phi) is 5.29. The summed E-state index contributed by atoms with van der Waals surface area (Å²) < 4.78 is 43.4. The number of hydrogen-bond acceptors (Lipinski definition) is 3. The van der Waals surface area contributed by atoms with Crippen LogP contribution in [-0.4, -0.2) is 22.5 Å². The molecular weight excluding hydrogens is 369 g/mol. The molecule has 2 aromatic carbocycles. The lowest BCUT2D eigenvalue weighted by Gasteiger charge is -2.04. The predicted molar refractivity (Wildman–Crippen MR) is 94.4 cm³/mol. The van der Waals surface area contributed by atoms with Crippen LogP contribution in [0.4, 0.5) is 13.2 Å². The van der Waals surface area contributed by atoms with Gasteiger partial charge in [-0.05, 0) is 36.6 Å². The van der Waals surface area contributed by atoms with Crippen molar-refractivity contribution in [3.8, 4) is 0 Å². The Hall–Kier alpha value is -2.06. The fourth-order valence-corrected chi connectivity index (χ4v) is 3.82. The summed E-state index contributed by atoms with van der Waals surface area (Å²) in [5.74, 6) is -2.57. The number of thiazole rings is 1. The Labute approximate surface area is 149 Å². The molecule has 0 aliphatic heterocycles. The summed E-state index contributed by atoms with van der Waals surface area (Å²) in [5.41, 5.74) is 0.0311. The molecule has 8 heteroatoms. The predicted octanol–water partition coefficient (Wildman–Crippen LogP) is 4.22. The van der Waals surface area contributed by atoms with Gasteiger partial charge >= 0.3 is 0 Å². The van der Waals surface area contributed by atoms with Gasteiger partial charge in [-0.15, -0.1) is 0 Å². The highest BCUT2D eigenvalue weighted by molar-refractivity contribution is 7.98. The number of nitrogens with zero attached hydrogens (tertiary/aromatic N) is 2. The number of carbonyl (C=O) groups excluding carboxylic acids is 1. The van der Waals surface area contributed by atoms with Gasteiger partial charge in [-0.3, -0.25) is 4.79 Å². The average molecular weight is 382 g/mol. The maximum atomic E-state index is 13.8. The van der Waals surface area contributed by atoms with Crippen molar-refractivity contribution in [2.45, 2.75) is 6.54 Å². The third kappa shape index (κ3) is 3.64. The molecule has 0 radical (unpaired) electrons. The second kappa shape index (κ2) is 7.45. The summed E-state index contributed by atoms with van der Waals surface area (Å²) in [7, 11) is 0. The van der Waals surface area contributed by atoms with E-state index >= 15 is 0 Å². The molecule has 0 saturated carbocycles. The van der Waals surface area contributed by atoms with Gasteiger partial charge in [0.2, 0.25) is 0 Å². The van der Waals surface area contributed by atoms with Crippen LogP contribution in [0.15, 0.2) is 41.4 Å². The molecule has 3 rings (SSSR count). The highest BCUT2D eigenvalue weighted by Crippen LogP contribution is 2.20. The van der Waals surface area contributed by atoms with E-state index in [2.05, 4.69) is 4.99 Å². The lowest BCUT2D eigenvalue weighted by Crippen LogP contribution is -2.19. The molecule has 25 heavy (non-hydrogen) atoms. The maximum Gasteiger partial charge on any atom is 0.285 e. The topological polar surface area (TPSA) is 34.4 Å². The van der Waals surface area contributed by atoms with Gasteiger partial charge < -0.3 is 4.57 Å². The van der Waals surface area contributed by atoms with Gasteiger partial charge in [-0.1, -0.05) is 17.4 Å². The van der Waals surface area contributed by atoms with E-state index in [4.69, 9.17) is 0 Å². The SMILES string of the molecule is CSCCn1c(=NC(=O)c2c(F)cccc2F)sc2cc(F)ccc21. The van der Waals surface area contributed by atoms with Crippen LogP contribution in [0.2, 0.25) is 0 Å². The second-order valence-electron chi connectivity index (χ2n) is 5.15. The van der Waals surface area contributed by atoms with Gasteiger partial charge in [0.1, 0.15) is 23.0 Å². The zero-order valence-corrected chi connectivity index (χ0v) is 14.8. The Morgan fingerprint density at radius 3 is 2.60 bits per heavy atom. The van der Waals surface area contributed by atoms with Crippen LogP contribution in [-0.2, 0) is 6.54 Å². The average Bonchev–Trinajstić information content (AvgIpc) is 2.88. The number of halogens is 3. The number of aromatic nitrogens is 1. The first-order chi connectivity index (χ1) is 12.0. The molecule has 0 N–H and O–H groups in total. The molecule has 0 spiro atoms. The molecular formula is C17H13F3N2OS2. The number of hydrogen-bond donors (Lipinski definition) is 0. The summed E-state index contributed by atoms with van der Waals surface area (Å²) in [6.45, 7) is 0.540. The Morgan fingerprint density at radius 2 is 1.92 bits per heavy atom. The molecule has 3 aromatic rings. The third-order valence-corrected chi connectivity index (χ3v) is 5.17. The number of benzene rings is 2. The summed E-state index contributed by atoms with van der Waals surface area (Å²) in [4.78, 5) is 16.5. The Morgan fingerprint density at radius 1 is 1.20 bits per heavy atom. The summed E-state index contributed by atoms with van der Waals surface area (Å²) in [6.07, 6.45) is 1.94. The summed E-state index contributed by atoms with van der Waals surface area (Å²) in [5, 5.41) is 0. The smallest absolute Gasteiger partial charge is 0.285 e. The van der Waals surface area contributed by atoms with E-state index < -0.39 is 28.9 Å². The minimum absolute atomic E-state index is 0.280. The van der Waals surface area contributed by atoms with Gasteiger partial charge in [-0.2, -0.15) is 16.8 Å². The van der Waals surface area contributed by atoms with Crippen molar-refractivity contribution < 1.29 is 18.0 Å². The van der Waals surface area contributed by atoms with Crippen LogP contribution in [0, 0.1) is 17.5 Å². The standard InChI is InChI=1S/C17H13F3N2OS2/c1-24-8-7-22-13-6-5-10(18)9-14(13)25-17(22)21-16(23)15-11(19)3-2-4-12(15)20/h2-6,9H,7-8H2,1H3. The van der Waals surface area contributed by atoms with E-state index in [0.29, 0.717) is 11.2 Å². The minimum Gasteiger partial charge on any atom is -0.316 e. The fourth-order valence-electron chi connectivity index (χ4n) is 2.38. The van der Waals surface area contributed by atoms with Crippen LogP contribution in [0.1, 0.15) is 10.4 Å². The number of rotatable bonds is 4. The van der Waals surface area contributed by atoms with E-state index in [-0.39, 0.29) is 4.80 Å². The Balaban J connectivity index is 2.16. The molecule has 130 valence electrons. The van der Waals surface area contributed by atoms with Crippen LogP contribution in [0.5, 0.6) is 0 Å². The Bertz CT molecular complexity index is 991. The molecule has 0 fully saturated rings. The maximum absolute atomic E-state index is 13.8. The van der Waals surface area contributed by atoms with Crippen molar-refractivity contribution in [3.63, 3.8) is 0 Å². The summed E-state index contributed by atoms with van der Waals surface area (Å²) in [6, 6.07) is 7.48. The number of amides is 1. The lowest BCUT2D eigenvalue weighted by molar-refractivity contribution is 0.0990. The van der Waals surface area contributed by atoms with Gasteiger partial charge in [0.25, 0.3) is 5.91 Å². The van der Waals surface area contributed by atoms with E-state index in [1.165, 1.54) is 18.2 Å². The summed E-state index contributed by atoms with van der Waals surface area (Å²) >= 11 is 2.71. The van der Waals surface area contributed by atoms with Crippen molar-refractivity contribution in [1.82, 2.24) is 4.57 Å². The van der Waals surface area contributed by atoms with Crippen LogP contribution in [0.3, 0.4) is 0 Å². The monoisotopic (exact) mass is 382 g/mol. The number of aryl methyl sites for hydroxylation is 1. The van der Waals surface area contributed by atoms with Crippen molar-refractivity contribution in [1.29, 1.82) is 0 Å². The second-order valence-corrected chi connectivity index (χ2v) is 7.15. The molecule has 0 aliphatic carbocycles. The molecule has 1 aromatic heterocycles. The molecule has 0 bridgehead atoms. The molecule has 0 saturated heterocycles. The molecule has 1 amide bonds. The third-order valence-electron chi connectivity index (χ3n) is 3.54. The van der Waals surface area contributed by atoms with E-state index in [1.807, 2.05) is 6.26 Å². The van der Waals surface area contributed by atoms with Crippen LogP contribution < -0.4 is 4.80 Å². The quantitative estimate of drug-likeness (QED) is 0.677. The normalized spacial score (nSPS) is 12.1. The molecule has 0 aliphatic rings. The molecule has 0 atom stereocenters.